The van der Waals surface area contributed by atoms with Crippen LogP contribution in [-0.4, -0.2) is 89.3 Å². The molecular weight excluding hydrogens is 415 g/mol. The SMILES string of the molecule is CN1CCN(CC2(F)CN(c3cccc4c3n(C)c(=O)n4C3CCC(=O)NC3=O)C2)CC1. The fraction of sp³-hybridized carbons (Fsp3) is 0.591. The Kier molecular flexibility index (Phi) is 5.09. The quantitative estimate of drug-likeness (QED) is 0.674. The van der Waals surface area contributed by atoms with Crippen LogP contribution in [0.1, 0.15) is 18.9 Å². The molecule has 172 valence electrons. The number of halogens is 1. The van der Waals surface area contributed by atoms with Crippen LogP contribution in [0, 0.1) is 0 Å². The normalized spacial score (nSPS) is 24.6. The van der Waals surface area contributed by atoms with E-state index in [0.717, 1.165) is 31.9 Å². The number of imide groups is 1. The molecule has 1 N–H and O–H groups in total. The molecule has 32 heavy (non-hydrogen) atoms. The highest BCUT2D eigenvalue weighted by Crippen LogP contribution is 2.36. The van der Waals surface area contributed by atoms with Crippen LogP contribution in [0.3, 0.4) is 0 Å². The second-order valence-electron chi connectivity index (χ2n) is 9.41. The topological polar surface area (TPSA) is 82.8 Å². The molecule has 0 aliphatic carbocycles. The third kappa shape index (κ3) is 3.51. The van der Waals surface area contributed by atoms with Gasteiger partial charge < -0.3 is 9.80 Å². The second-order valence-corrected chi connectivity index (χ2v) is 9.41. The molecule has 1 atom stereocenters. The zero-order valence-corrected chi connectivity index (χ0v) is 18.5. The predicted molar refractivity (Wildman–Crippen MR) is 119 cm³/mol. The average Bonchev–Trinajstić information content (AvgIpc) is 2.99. The summed E-state index contributed by atoms with van der Waals surface area (Å²) >= 11 is 0. The summed E-state index contributed by atoms with van der Waals surface area (Å²) in [6.07, 6.45) is 0.484. The molecule has 4 heterocycles. The number of para-hydroxylation sites is 1. The Labute approximate surface area is 185 Å². The van der Waals surface area contributed by atoms with E-state index in [4.69, 9.17) is 0 Å². The van der Waals surface area contributed by atoms with Crippen LogP contribution >= 0.6 is 0 Å². The van der Waals surface area contributed by atoms with Crippen molar-refractivity contribution in [2.24, 2.45) is 7.05 Å². The molecule has 2 aromatic rings. The molecular formula is C22H29FN6O3. The smallest absolute Gasteiger partial charge is 0.329 e. The summed E-state index contributed by atoms with van der Waals surface area (Å²) in [5.74, 6) is -0.777. The molecule has 3 saturated heterocycles. The summed E-state index contributed by atoms with van der Waals surface area (Å²) in [7, 11) is 3.75. The van der Waals surface area contributed by atoms with E-state index in [1.807, 2.05) is 17.0 Å². The fourth-order valence-corrected chi connectivity index (χ4v) is 5.22. The van der Waals surface area contributed by atoms with Crippen molar-refractivity contribution in [2.45, 2.75) is 24.6 Å². The van der Waals surface area contributed by atoms with Gasteiger partial charge in [0, 0.05) is 46.2 Å². The number of aryl methyl sites for hydroxylation is 1. The molecule has 3 aliphatic heterocycles. The molecule has 0 bridgehead atoms. The van der Waals surface area contributed by atoms with Gasteiger partial charge in [-0.1, -0.05) is 6.07 Å². The van der Waals surface area contributed by atoms with Gasteiger partial charge in [0.1, 0.15) is 6.04 Å². The van der Waals surface area contributed by atoms with Gasteiger partial charge in [-0.2, -0.15) is 0 Å². The van der Waals surface area contributed by atoms with E-state index in [1.165, 1.54) is 9.13 Å². The summed E-state index contributed by atoms with van der Waals surface area (Å²) in [6.45, 7) is 4.63. The molecule has 2 amide bonds. The number of likely N-dealkylation sites (N-methyl/N-ethyl adjacent to an activating group) is 1. The molecule has 0 spiro atoms. The van der Waals surface area contributed by atoms with Crippen LogP contribution in [-0.2, 0) is 16.6 Å². The summed E-state index contributed by atoms with van der Waals surface area (Å²) in [5, 5.41) is 2.33. The maximum Gasteiger partial charge on any atom is 0.329 e. The second kappa shape index (κ2) is 7.70. The van der Waals surface area contributed by atoms with Gasteiger partial charge in [0.05, 0.1) is 29.8 Å². The van der Waals surface area contributed by atoms with Gasteiger partial charge >= 0.3 is 5.69 Å². The van der Waals surface area contributed by atoms with Crippen molar-refractivity contribution in [3.8, 4) is 0 Å². The van der Waals surface area contributed by atoms with E-state index in [2.05, 4.69) is 22.2 Å². The van der Waals surface area contributed by atoms with Crippen molar-refractivity contribution >= 4 is 28.5 Å². The van der Waals surface area contributed by atoms with Crippen molar-refractivity contribution in [3.63, 3.8) is 0 Å². The van der Waals surface area contributed by atoms with Crippen molar-refractivity contribution in [3.05, 3.63) is 28.7 Å². The van der Waals surface area contributed by atoms with E-state index < -0.39 is 17.6 Å². The minimum atomic E-state index is -1.27. The van der Waals surface area contributed by atoms with Crippen LogP contribution in [0.4, 0.5) is 10.1 Å². The Bertz CT molecular complexity index is 1130. The number of anilines is 1. The molecule has 0 saturated carbocycles. The van der Waals surface area contributed by atoms with E-state index in [1.54, 1.807) is 13.1 Å². The van der Waals surface area contributed by atoms with Gasteiger partial charge in [0.15, 0.2) is 5.67 Å². The summed E-state index contributed by atoms with van der Waals surface area (Å²) in [4.78, 5) is 43.4. The number of alkyl halides is 1. The lowest BCUT2D eigenvalue weighted by atomic mass is 9.94. The number of hydrogen-bond acceptors (Lipinski definition) is 6. The van der Waals surface area contributed by atoms with Gasteiger partial charge in [-0.25, -0.2) is 9.18 Å². The molecule has 0 radical (unpaired) electrons. The van der Waals surface area contributed by atoms with Crippen LogP contribution in [0.5, 0.6) is 0 Å². The monoisotopic (exact) mass is 444 g/mol. The lowest BCUT2D eigenvalue weighted by Crippen LogP contribution is -2.65. The first kappa shape index (κ1) is 21.1. The van der Waals surface area contributed by atoms with Crippen LogP contribution in [0.2, 0.25) is 0 Å². The van der Waals surface area contributed by atoms with Crippen molar-refractivity contribution < 1.29 is 14.0 Å². The third-order valence-corrected chi connectivity index (χ3v) is 7.00. The lowest BCUT2D eigenvalue weighted by molar-refractivity contribution is -0.135. The number of aromatic nitrogens is 2. The lowest BCUT2D eigenvalue weighted by Gasteiger charge is -2.48. The molecule has 9 nitrogen and oxygen atoms in total. The highest BCUT2D eigenvalue weighted by atomic mass is 19.1. The predicted octanol–water partition coefficient (Wildman–Crippen LogP) is 0.0934. The number of carbonyl (C=O) groups is 2. The van der Waals surface area contributed by atoms with Crippen molar-refractivity contribution in [1.82, 2.24) is 24.3 Å². The number of piperidine rings is 1. The number of carbonyl (C=O) groups excluding carboxylic acids is 2. The van der Waals surface area contributed by atoms with Crippen molar-refractivity contribution in [2.75, 3.05) is 57.8 Å². The summed E-state index contributed by atoms with van der Waals surface area (Å²) in [5.41, 5.74) is 0.512. The molecule has 5 rings (SSSR count). The highest BCUT2D eigenvalue weighted by Gasteiger charge is 2.46. The molecule has 10 heteroatoms. The molecule has 1 aromatic carbocycles. The molecule has 1 unspecified atom stereocenters. The average molecular weight is 445 g/mol. The number of hydrogen-bond donors (Lipinski definition) is 1. The Morgan fingerprint density at radius 3 is 2.50 bits per heavy atom. The molecule has 1 aromatic heterocycles. The summed E-state index contributed by atoms with van der Waals surface area (Å²) in [6, 6.07) is 4.80. The Morgan fingerprint density at radius 1 is 1.09 bits per heavy atom. The zero-order chi connectivity index (χ0) is 22.6. The van der Waals surface area contributed by atoms with Gasteiger partial charge in [-0.05, 0) is 25.6 Å². The number of fused-ring (bicyclic) bond motifs is 1. The largest absolute Gasteiger partial charge is 0.363 e. The first-order chi connectivity index (χ1) is 15.3. The van der Waals surface area contributed by atoms with Gasteiger partial charge in [-0.3, -0.25) is 28.9 Å². The van der Waals surface area contributed by atoms with Crippen LogP contribution in [0.25, 0.3) is 11.0 Å². The van der Waals surface area contributed by atoms with E-state index >= 15 is 4.39 Å². The Balaban J connectivity index is 1.40. The number of imidazole rings is 1. The fourth-order valence-electron chi connectivity index (χ4n) is 5.22. The van der Waals surface area contributed by atoms with Gasteiger partial charge in [-0.15, -0.1) is 0 Å². The van der Waals surface area contributed by atoms with Gasteiger partial charge in [0.2, 0.25) is 11.8 Å². The number of piperazine rings is 1. The maximum atomic E-state index is 15.4. The van der Waals surface area contributed by atoms with Crippen molar-refractivity contribution in [1.29, 1.82) is 0 Å². The van der Waals surface area contributed by atoms with Crippen LogP contribution in [0.15, 0.2) is 23.0 Å². The number of nitrogens with one attached hydrogen (secondary N) is 1. The minimum Gasteiger partial charge on any atom is -0.363 e. The number of nitrogens with zero attached hydrogens (tertiary/aromatic N) is 5. The Morgan fingerprint density at radius 2 is 1.81 bits per heavy atom. The minimum absolute atomic E-state index is 0.196. The number of benzene rings is 1. The highest BCUT2D eigenvalue weighted by molar-refractivity contribution is 6.00. The zero-order valence-electron chi connectivity index (χ0n) is 18.5. The standard InChI is InChI=1S/C22H29FN6O3/c1-25-8-10-27(11-9-25)12-22(23)13-28(14-22)15-4-3-5-16-19(15)26(2)21(32)29(16)17-6-7-18(30)24-20(17)31/h3-5,17H,6-14H2,1-2H3,(H,24,30,31). The maximum absolute atomic E-state index is 15.4. The number of amides is 2. The third-order valence-electron chi connectivity index (χ3n) is 7.00. The first-order valence-electron chi connectivity index (χ1n) is 11.1. The summed E-state index contributed by atoms with van der Waals surface area (Å²) < 4.78 is 18.4. The van der Waals surface area contributed by atoms with E-state index in [-0.39, 0.29) is 37.5 Å². The van der Waals surface area contributed by atoms with Crippen LogP contribution < -0.4 is 15.9 Å². The Hall–Kier alpha value is -2.72. The van der Waals surface area contributed by atoms with E-state index in [0.29, 0.717) is 17.6 Å². The number of rotatable bonds is 4. The van der Waals surface area contributed by atoms with E-state index in [9.17, 15) is 14.4 Å². The van der Waals surface area contributed by atoms with Gasteiger partial charge in [0.25, 0.3) is 0 Å². The molecule has 3 fully saturated rings. The first-order valence-corrected chi connectivity index (χ1v) is 11.1. The molecule has 3 aliphatic rings.